The SMILES string of the molecule is NC(=O)C(Cl)c1ccc(Br)cc1F. The summed E-state index contributed by atoms with van der Waals surface area (Å²) < 4.78 is 13.7. The number of primary amides is 1. The molecule has 0 spiro atoms. The summed E-state index contributed by atoms with van der Waals surface area (Å²) in [4.78, 5) is 10.6. The summed E-state index contributed by atoms with van der Waals surface area (Å²) in [5, 5.41) is -1.12. The Labute approximate surface area is 88.0 Å². The second-order valence-corrected chi connectivity index (χ2v) is 3.78. The monoisotopic (exact) mass is 265 g/mol. The minimum Gasteiger partial charge on any atom is -0.368 e. The zero-order chi connectivity index (χ0) is 10.0. The van der Waals surface area contributed by atoms with E-state index in [2.05, 4.69) is 15.9 Å². The molecule has 1 amide bonds. The molecule has 1 aromatic rings. The predicted octanol–water partition coefficient (Wildman–Crippen LogP) is 2.35. The fourth-order valence-corrected chi connectivity index (χ4v) is 1.37. The molecule has 0 aliphatic carbocycles. The maximum Gasteiger partial charge on any atom is 0.240 e. The van der Waals surface area contributed by atoms with E-state index in [0.29, 0.717) is 4.47 Å². The molecule has 0 aliphatic heterocycles. The van der Waals surface area contributed by atoms with E-state index in [1.54, 1.807) is 6.07 Å². The molecule has 2 N–H and O–H groups in total. The van der Waals surface area contributed by atoms with Crippen molar-refractivity contribution in [2.24, 2.45) is 5.73 Å². The number of halogens is 3. The number of nitrogens with two attached hydrogens (primary N) is 1. The van der Waals surface area contributed by atoms with E-state index in [4.69, 9.17) is 17.3 Å². The van der Waals surface area contributed by atoms with E-state index in [1.807, 2.05) is 0 Å². The van der Waals surface area contributed by atoms with Gasteiger partial charge < -0.3 is 5.73 Å². The molecular formula is C8H6BrClFNO. The topological polar surface area (TPSA) is 43.1 Å². The summed E-state index contributed by atoms with van der Waals surface area (Å²) in [5.41, 5.74) is 5.02. The van der Waals surface area contributed by atoms with Crippen LogP contribution in [0.1, 0.15) is 10.9 Å². The standard InChI is InChI=1S/C8H6BrClFNO/c9-4-1-2-5(6(11)3-4)7(10)8(12)13/h1-3,7H,(H2,12,13). The van der Waals surface area contributed by atoms with Crippen molar-refractivity contribution in [2.45, 2.75) is 5.38 Å². The molecular weight excluding hydrogens is 260 g/mol. The number of hydrogen-bond acceptors (Lipinski definition) is 1. The van der Waals surface area contributed by atoms with E-state index in [9.17, 15) is 9.18 Å². The first kappa shape index (κ1) is 10.5. The van der Waals surface area contributed by atoms with Crippen LogP contribution in [0, 0.1) is 5.82 Å². The van der Waals surface area contributed by atoms with Gasteiger partial charge in [-0.25, -0.2) is 4.39 Å². The third-order valence-electron chi connectivity index (χ3n) is 1.49. The molecule has 13 heavy (non-hydrogen) atoms. The molecule has 0 aromatic heterocycles. The van der Waals surface area contributed by atoms with Crippen LogP contribution in [0.4, 0.5) is 4.39 Å². The molecule has 0 radical (unpaired) electrons. The lowest BCUT2D eigenvalue weighted by atomic mass is 10.1. The molecule has 0 aliphatic rings. The number of rotatable bonds is 2. The third-order valence-corrected chi connectivity index (χ3v) is 2.43. The first-order valence-electron chi connectivity index (χ1n) is 3.40. The predicted molar refractivity (Wildman–Crippen MR) is 51.9 cm³/mol. The zero-order valence-electron chi connectivity index (χ0n) is 6.43. The molecule has 70 valence electrons. The minimum absolute atomic E-state index is 0.0948. The van der Waals surface area contributed by atoms with Gasteiger partial charge in [-0.3, -0.25) is 4.79 Å². The summed E-state index contributed by atoms with van der Waals surface area (Å²) >= 11 is 8.65. The van der Waals surface area contributed by atoms with E-state index in [1.165, 1.54) is 12.1 Å². The van der Waals surface area contributed by atoms with Crippen molar-refractivity contribution in [1.29, 1.82) is 0 Å². The Hall–Kier alpha value is -0.610. The van der Waals surface area contributed by atoms with Crippen LogP contribution in [-0.2, 0) is 4.79 Å². The van der Waals surface area contributed by atoms with Crippen LogP contribution in [-0.4, -0.2) is 5.91 Å². The van der Waals surface area contributed by atoms with Gasteiger partial charge in [0.05, 0.1) is 0 Å². The van der Waals surface area contributed by atoms with Crippen LogP contribution in [0.3, 0.4) is 0 Å². The average Bonchev–Trinajstić information content (AvgIpc) is 2.03. The highest BCUT2D eigenvalue weighted by molar-refractivity contribution is 9.10. The third kappa shape index (κ3) is 2.42. The molecule has 5 heteroatoms. The fourth-order valence-electron chi connectivity index (χ4n) is 0.860. The summed E-state index contributed by atoms with van der Waals surface area (Å²) in [6, 6.07) is 4.24. The van der Waals surface area contributed by atoms with Crippen molar-refractivity contribution in [2.75, 3.05) is 0 Å². The molecule has 1 rings (SSSR count). The van der Waals surface area contributed by atoms with Gasteiger partial charge in [-0.2, -0.15) is 0 Å². The molecule has 2 nitrogen and oxygen atoms in total. The molecule has 1 atom stereocenters. The highest BCUT2D eigenvalue weighted by Gasteiger charge is 2.17. The highest BCUT2D eigenvalue weighted by Crippen LogP contribution is 2.25. The molecule has 1 aromatic carbocycles. The van der Waals surface area contributed by atoms with Gasteiger partial charge in [0.1, 0.15) is 11.2 Å². The van der Waals surface area contributed by atoms with E-state index < -0.39 is 17.1 Å². The lowest BCUT2D eigenvalue weighted by molar-refractivity contribution is -0.117. The van der Waals surface area contributed by atoms with Gasteiger partial charge in [-0.05, 0) is 12.1 Å². The van der Waals surface area contributed by atoms with Gasteiger partial charge in [0.25, 0.3) is 0 Å². The maximum atomic E-state index is 13.1. The Kier molecular flexibility index (Phi) is 3.27. The molecule has 0 saturated carbocycles. The Morgan fingerprint density at radius 2 is 2.23 bits per heavy atom. The Balaban J connectivity index is 3.08. The smallest absolute Gasteiger partial charge is 0.240 e. The number of amides is 1. The lowest BCUT2D eigenvalue weighted by Gasteiger charge is -2.06. The van der Waals surface area contributed by atoms with E-state index in [0.717, 1.165) is 0 Å². The van der Waals surface area contributed by atoms with Gasteiger partial charge in [-0.1, -0.05) is 22.0 Å². The Morgan fingerprint density at radius 1 is 1.62 bits per heavy atom. The largest absolute Gasteiger partial charge is 0.368 e. The van der Waals surface area contributed by atoms with Gasteiger partial charge in [-0.15, -0.1) is 11.6 Å². The quantitative estimate of drug-likeness (QED) is 0.821. The Bertz CT molecular complexity index is 345. The van der Waals surface area contributed by atoms with Crippen molar-refractivity contribution in [3.05, 3.63) is 34.1 Å². The van der Waals surface area contributed by atoms with Crippen molar-refractivity contribution in [3.8, 4) is 0 Å². The fraction of sp³-hybridized carbons (Fsp3) is 0.125. The number of benzene rings is 1. The van der Waals surface area contributed by atoms with Gasteiger partial charge >= 0.3 is 0 Å². The van der Waals surface area contributed by atoms with E-state index >= 15 is 0 Å². The van der Waals surface area contributed by atoms with Gasteiger partial charge in [0, 0.05) is 10.0 Å². The molecule has 0 saturated heterocycles. The van der Waals surface area contributed by atoms with Crippen LogP contribution in [0.15, 0.2) is 22.7 Å². The van der Waals surface area contributed by atoms with Crippen LogP contribution >= 0.6 is 27.5 Å². The van der Waals surface area contributed by atoms with Crippen LogP contribution in [0.25, 0.3) is 0 Å². The van der Waals surface area contributed by atoms with Crippen LogP contribution in [0.2, 0.25) is 0 Å². The summed E-state index contributed by atoms with van der Waals surface area (Å²) in [6.45, 7) is 0. The first-order valence-corrected chi connectivity index (χ1v) is 4.63. The second kappa shape index (κ2) is 4.07. The van der Waals surface area contributed by atoms with Gasteiger partial charge in [0.2, 0.25) is 5.91 Å². The summed E-state index contributed by atoms with van der Waals surface area (Å²) in [6.07, 6.45) is 0. The van der Waals surface area contributed by atoms with Crippen molar-refractivity contribution in [3.63, 3.8) is 0 Å². The summed E-state index contributed by atoms with van der Waals surface area (Å²) in [7, 11) is 0. The highest BCUT2D eigenvalue weighted by atomic mass is 79.9. The van der Waals surface area contributed by atoms with Crippen molar-refractivity contribution < 1.29 is 9.18 Å². The van der Waals surface area contributed by atoms with Crippen LogP contribution < -0.4 is 5.73 Å². The molecule has 0 fully saturated rings. The average molecular weight is 266 g/mol. The molecule has 0 heterocycles. The van der Waals surface area contributed by atoms with Crippen molar-refractivity contribution in [1.82, 2.24) is 0 Å². The lowest BCUT2D eigenvalue weighted by Crippen LogP contribution is -2.17. The maximum absolute atomic E-state index is 13.1. The number of hydrogen-bond donors (Lipinski definition) is 1. The first-order chi connectivity index (χ1) is 6.02. The van der Waals surface area contributed by atoms with Crippen LogP contribution in [0.5, 0.6) is 0 Å². The molecule has 0 bridgehead atoms. The Morgan fingerprint density at radius 3 is 2.69 bits per heavy atom. The normalized spacial score (nSPS) is 12.5. The number of carbonyl (C=O) groups is 1. The van der Waals surface area contributed by atoms with E-state index in [-0.39, 0.29) is 5.56 Å². The van der Waals surface area contributed by atoms with Crippen molar-refractivity contribution >= 4 is 33.4 Å². The zero-order valence-corrected chi connectivity index (χ0v) is 8.77. The summed E-state index contributed by atoms with van der Waals surface area (Å²) in [5.74, 6) is -1.31. The minimum atomic E-state index is -1.12. The number of alkyl halides is 1. The molecule has 1 unspecified atom stereocenters. The second-order valence-electron chi connectivity index (χ2n) is 2.43. The van der Waals surface area contributed by atoms with Gasteiger partial charge in [0.15, 0.2) is 0 Å². The number of carbonyl (C=O) groups excluding carboxylic acids is 1.